The fourth-order valence-corrected chi connectivity index (χ4v) is 3.96. The molecule has 0 spiro atoms. The van der Waals surface area contributed by atoms with Gasteiger partial charge in [0.15, 0.2) is 5.69 Å². The summed E-state index contributed by atoms with van der Waals surface area (Å²) < 4.78 is 5.81. The molecule has 2 aliphatic rings. The Morgan fingerprint density at radius 3 is 2.80 bits per heavy atom. The van der Waals surface area contributed by atoms with Crippen molar-refractivity contribution in [1.82, 2.24) is 25.3 Å². The molecule has 4 heterocycles. The lowest BCUT2D eigenvalue weighted by atomic mass is 9.90. The van der Waals surface area contributed by atoms with Crippen molar-refractivity contribution in [2.75, 3.05) is 13.1 Å². The van der Waals surface area contributed by atoms with Gasteiger partial charge < -0.3 is 9.64 Å². The van der Waals surface area contributed by atoms with Gasteiger partial charge in [-0.25, -0.2) is 0 Å². The van der Waals surface area contributed by atoms with Gasteiger partial charge in [-0.1, -0.05) is 0 Å². The Labute approximate surface area is 146 Å². The maximum Gasteiger partial charge on any atom is 0.274 e. The summed E-state index contributed by atoms with van der Waals surface area (Å²) in [6.07, 6.45) is 6.24. The lowest BCUT2D eigenvalue weighted by Gasteiger charge is -2.32. The number of nitrogens with one attached hydrogen (secondary N) is 1. The number of hydrogen-bond donors (Lipinski definition) is 1. The molecule has 132 valence electrons. The molecule has 2 atom stereocenters. The minimum atomic E-state index is -0.0438. The van der Waals surface area contributed by atoms with Gasteiger partial charge in [0.1, 0.15) is 0 Å². The van der Waals surface area contributed by atoms with Gasteiger partial charge in [-0.3, -0.25) is 9.89 Å². The van der Waals surface area contributed by atoms with E-state index in [1.807, 2.05) is 31.0 Å². The van der Waals surface area contributed by atoms with Gasteiger partial charge in [0.2, 0.25) is 0 Å². The molecule has 0 saturated carbocycles. The molecule has 0 aromatic carbocycles. The van der Waals surface area contributed by atoms with E-state index in [4.69, 9.17) is 4.74 Å². The lowest BCUT2D eigenvalue weighted by molar-refractivity contribution is -0.00702. The summed E-state index contributed by atoms with van der Waals surface area (Å²) in [4.78, 5) is 14.9. The number of carbonyl (C=O) groups is 1. The standard InChI is InChI=1S/C18H23N5O2/c1-11-9-15-16(12(2)25-11)21-22-17(15)18(24)23-7-4-13(5-8-23)14-3-6-19-20-10-14/h3,6,10-13H,4-5,7-9H2,1-2H3,(H,21,22)/t11-,12+/m1/s1. The number of hydrogen-bond acceptors (Lipinski definition) is 5. The van der Waals surface area contributed by atoms with Crippen LogP contribution in [0.15, 0.2) is 18.5 Å². The highest BCUT2D eigenvalue weighted by Crippen LogP contribution is 2.32. The number of amides is 1. The van der Waals surface area contributed by atoms with Crippen molar-refractivity contribution < 1.29 is 9.53 Å². The minimum absolute atomic E-state index is 0.0325. The van der Waals surface area contributed by atoms with Crippen LogP contribution in [0.25, 0.3) is 0 Å². The molecular weight excluding hydrogens is 318 g/mol. The number of aromatic amines is 1. The smallest absolute Gasteiger partial charge is 0.274 e. The van der Waals surface area contributed by atoms with Gasteiger partial charge in [-0.15, -0.1) is 0 Å². The highest BCUT2D eigenvalue weighted by atomic mass is 16.5. The first-order valence-electron chi connectivity index (χ1n) is 8.92. The second-order valence-electron chi connectivity index (χ2n) is 7.00. The molecule has 7 nitrogen and oxygen atoms in total. The van der Waals surface area contributed by atoms with Gasteiger partial charge in [-0.2, -0.15) is 15.3 Å². The SMILES string of the molecule is C[C@@H]1Cc2c(C(=O)N3CCC(c4ccnnc4)CC3)n[nH]c2[C@H](C)O1. The number of H-pyrrole nitrogens is 1. The summed E-state index contributed by atoms with van der Waals surface area (Å²) in [6, 6.07) is 2.02. The summed E-state index contributed by atoms with van der Waals surface area (Å²) in [7, 11) is 0. The normalized spacial score (nSPS) is 24.2. The molecular formula is C18H23N5O2. The van der Waals surface area contributed by atoms with E-state index in [1.165, 1.54) is 5.56 Å². The van der Waals surface area contributed by atoms with Crippen LogP contribution in [0.4, 0.5) is 0 Å². The molecule has 0 aliphatic carbocycles. The summed E-state index contributed by atoms with van der Waals surface area (Å²) in [6.45, 7) is 5.52. The molecule has 1 saturated heterocycles. The number of likely N-dealkylation sites (tertiary alicyclic amines) is 1. The van der Waals surface area contributed by atoms with Crippen molar-refractivity contribution in [3.8, 4) is 0 Å². The number of nitrogens with zero attached hydrogens (tertiary/aromatic N) is 4. The van der Waals surface area contributed by atoms with Crippen LogP contribution in [0.1, 0.15) is 66.0 Å². The van der Waals surface area contributed by atoms with Gasteiger partial charge >= 0.3 is 0 Å². The average Bonchev–Trinajstić information content (AvgIpc) is 3.06. The van der Waals surface area contributed by atoms with Crippen LogP contribution in [-0.4, -0.2) is 50.4 Å². The van der Waals surface area contributed by atoms with E-state index in [0.29, 0.717) is 11.6 Å². The summed E-state index contributed by atoms with van der Waals surface area (Å²) in [5.41, 5.74) is 3.75. The van der Waals surface area contributed by atoms with Crippen LogP contribution >= 0.6 is 0 Å². The fourth-order valence-electron chi connectivity index (χ4n) is 3.96. The van der Waals surface area contributed by atoms with Gasteiger partial charge in [-0.05, 0) is 44.2 Å². The number of carbonyl (C=O) groups excluding carboxylic acids is 1. The quantitative estimate of drug-likeness (QED) is 0.905. The first-order valence-corrected chi connectivity index (χ1v) is 8.92. The van der Waals surface area contributed by atoms with Gasteiger partial charge in [0.25, 0.3) is 5.91 Å². The Hall–Kier alpha value is -2.28. The third-order valence-electron chi connectivity index (χ3n) is 5.30. The maximum absolute atomic E-state index is 13.0. The molecule has 0 radical (unpaired) electrons. The third kappa shape index (κ3) is 3.04. The van der Waals surface area contributed by atoms with Gasteiger partial charge in [0.05, 0.1) is 24.1 Å². The topological polar surface area (TPSA) is 84.0 Å². The molecule has 2 aromatic heterocycles. The van der Waals surface area contributed by atoms with Crippen molar-refractivity contribution in [3.05, 3.63) is 41.0 Å². The first kappa shape index (κ1) is 16.2. The van der Waals surface area contributed by atoms with Crippen LogP contribution in [0.2, 0.25) is 0 Å². The fraction of sp³-hybridized carbons (Fsp3) is 0.556. The first-order chi connectivity index (χ1) is 12.1. The molecule has 0 bridgehead atoms. The van der Waals surface area contributed by atoms with Crippen LogP contribution in [0.3, 0.4) is 0 Å². The summed E-state index contributed by atoms with van der Waals surface area (Å²) in [5.74, 6) is 0.478. The Morgan fingerprint density at radius 1 is 1.28 bits per heavy atom. The number of fused-ring (bicyclic) bond motifs is 1. The Bertz CT molecular complexity index is 752. The highest BCUT2D eigenvalue weighted by molar-refractivity contribution is 5.94. The second-order valence-corrected chi connectivity index (χ2v) is 7.00. The Morgan fingerprint density at radius 2 is 2.08 bits per heavy atom. The zero-order valence-electron chi connectivity index (χ0n) is 14.6. The van der Waals surface area contributed by atoms with E-state index < -0.39 is 0 Å². The molecule has 0 unspecified atom stereocenters. The van der Waals surface area contributed by atoms with Gasteiger partial charge in [0, 0.05) is 31.3 Å². The van der Waals surface area contributed by atoms with E-state index in [2.05, 4.69) is 20.4 Å². The van der Waals surface area contributed by atoms with Crippen molar-refractivity contribution >= 4 is 5.91 Å². The number of aromatic nitrogens is 4. The Kier molecular flexibility index (Phi) is 4.25. The Balaban J connectivity index is 1.47. The van der Waals surface area contributed by atoms with Crippen LogP contribution in [-0.2, 0) is 11.2 Å². The molecule has 25 heavy (non-hydrogen) atoms. The summed E-state index contributed by atoms with van der Waals surface area (Å²) >= 11 is 0. The lowest BCUT2D eigenvalue weighted by Crippen LogP contribution is -2.38. The van der Waals surface area contributed by atoms with E-state index in [9.17, 15) is 4.79 Å². The van der Waals surface area contributed by atoms with E-state index in [-0.39, 0.29) is 18.1 Å². The number of rotatable bonds is 2. The minimum Gasteiger partial charge on any atom is -0.369 e. The molecule has 2 aromatic rings. The summed E-state index contributed by atoms with van der Waals surface area (Å²) in [5, 5.41) is 15.1. The molecule has 1 fully saturated rings. The average molecular weight is 341 g/mol. The monoisotopic (exact) mass is 341 g/mol. The van der Waals surface area contributed by atoms with E-state index in [0.717, 1.165) is 43.6 Å². The van der Waals surface area contributed by atoms with E-state index >= 15 is 0 Å². The predicted octanol–water partition coefficient (Wildman–Crippen LogP) is 2.24. The second kappa shape index (κ2) is 6.55. The van der Waals surface area contributed by atoms with Crippen molar-refractivity contribution in [1.29, 1.82) is 0 Å². The molecule has 7 heteroatoms. The predicted molar refractivity (Wildman–Crippen MR) is 91.2 cm³/mol. The molecule has 1 amide bonds. The number of ether oxygens (including phenoxy) is 1. The molecule has 1 N–H and O–H groups in total. The van der Waals surface area contributed by atoms with Crippen molar-refractivity contribution in [2.24, 2.45) is 0 Å². The van der Waals surface area contributed by atoms with Crippen molar-refractivity contribution in [3.63, 3.8) is 0 Å². The van der Waals surface area contributed by atoms with Crippen LogP contribution in [0.5, 0.6) is 0 Å². The largest absolute Gasteiger partial charge is 0.369 e. The third-order valence-corrected chi connectivity index (χ3v) is 5.30. The molecule has 2 aliphatic heterocycles. The van der Waals surface area contributed by atoms with Crippen LogP contribution < -0.4 is 0 Å². The zero-order valence-corrected chi connectivity index (χ0v) is 14.6. The number of piperidine rings is 1. The zero-order chi connectivity index (χ0) is 17.4. The van der Waals surface area contributed by atoms with E-state index in [1.54, 1.807) is 6.20 Å². The van der Waals surface area contributed by atoms with Crippen molar-refractivity contribution in [2.45, 2.75) is 51.2 Å². The van der Waals surface area contributed by atoms with Crippen LogP contribution in [0, 0.1) is 0 Å². The maximum atomic E-state index is 13.0. The highest BCUT2D eigenvalue weighted by Gasteiger charge is 2.32. The molecule has 4 rings (SSSR count).